The molecule has 0 radical (unpaired) electrons. The number of aryl methyl sites for hydroxylation is 1. The van der Waals surface area contributed by atoms with E-state index in [0.29, 0.717) is 13.2 Å². The van der Waals surface area contributed by atoms with Crippen molar-refractivity contribution >= 4 is 44.9 Å². The number of hydrogen-bond acceptors (Lipinski definition) is 6. The number of halogens is 1. The molecule has 0 unspecified atom stereocenters. The van der Waals surface area contributed by atoms with Crippen LogP contribution in [0.15, 0.2) is 24.3 Å². The number of carbonyl (C=O) groups is 1. The molecular weight excluding hydrogens is 374 g/mol. The Bertz CT molecular complexity index is 999. The van der Waals surface area contributed by atoms with Crippen molar-refractivity contribution in [3.63, 3.8) is 0 Å². The Morgan fingerprint density at radius 2 is 2.08 bits per heavy atom. The molecule has 4 rings (SSSR count). The number of aromatic nitrogens is 2. The zero-order valence-electron chi connectivity index (χ0n) is 14.0. The van der Waals surface area contributed by atoms with Crippen molar-refractivity contribution in [2.45, 2.75) is 6.92 Å². The van der Waals surface area contributed by atoms with Gasteiger partial charge in [-0.25, -0.2) is 9.78 Å². The SMILES string of the molecule is Cc1c(-c2cccc(C(=O)O)c2)sc2c(N3CCOCC3)nc(Cl)nc12. The second-order valence-corrected chi connectivity index (χ2v) is 7.39. The molecule has 0 aliphatic carbocycles. The van der Waals surface area contributed by atoms with Crippen LogP contribution in [0.4, 0.5) is 5.82 Å². The van der Waals surface area contributed by atoms with Crippen LogP contribution in [-0.4, -0.2) is 47.3 Å². The summed E-state index contributed by atoms with van der Waals surface area (Å²) in [7, 11) is 0. The predicted molar refractivity (Wildman–Crippen MR) is 103 cm³/mol. The van der Waals surface area contributed by atoms with Gasteiger partial charge in [-0.15, -0.1) is 11.3 Å². The van der Waals surface area contributed by atoms with Gasteiger partial charge in [0.2, 0.25) is 5.28 Å². The summed E-state index contributed by atoms with van der Waals surface area (Å²) in [5.41, 5.74) is 2.91. The highest BCUT2D eigenvalue weighted by Crippen LogP contribution is 2.41. The van der Waals surface area contributed by atoms with Crippen LogP contribution in [0.2, 0.25) is 5.28 Å². The summed E-state index contributed by atoms with van der Waals surface area (Å²) < 4.78 is 6.39. The smallest absolute Gasteiger partial charge is 0.335 e. The summed E-state index contributed by atoms with van der Waals surface area (Å²) in [4.78, 5) is 23.3. The number of aromatic carboxylic acids is 1. The number of carboxylic acid groups (broad SMARTS) is 1. The molecule has 1 aliphatic heterocycles. The molecule has 1 aliphatic rings. The lowest BCUT2D eigenvalue weighted by atomic mass is 10.1. The second-order valence-electron chi connectivity index (χ2n) is 6.04. The maximum atomic E-state index is 11.3. The third-order valence-electron chi connectivity index (χ3n) is 4.40. The highest BCUT2D eigenvalue weighted by molar-refractivity contribution is 7.23. The molecule has 0 atom stereocenters. The molecule has 2 aromatic heterocycles. The molecule has 134 valence electrons. The van der Waals surface area contributed by atoms with Crippen LogP contribution in [0.3, 0.4) is 0 Å². The van der Waals surface area contributed by atoms with Gasteiger partial charge >= 0.3 is 5.97 Å². The Hall–Kier alpha value is -2.22. The third kappa shape index (κ3) is 3.02. The van der Waals surface area contributed by atoms with Gasteiger partial charge < -0.3 is 14.7 Å². The first-order valence-electron chi connectivity index (χ1n) is 8.17. The van der Waals surface area contributed by atoms with Crippen LogP contribution < -0.4 is 4.90 Å². The summed E-state index contributed by atoms with van der Waals surface area (Å²) >= 11 is 7.75. The average Bonchev–Trinajstić information content (AvgIpc) is 2.98. The van der Waals surface area contributed by atoms with Gasteiger partial charge in [0.1, 0.15) is 0 Å². The number of hydrogen-bond donors (Lipinski definition) is 1. The lowest BCUT2D eigenvalue weighted by molar-refractivity contribution is 0.0697. The molecular formula is C18H16ClN3O3S. The molecule has 0 bridgehead atoms. The van der Waals surface area contributed by atoms with Gasteiger partial charge in [-0.3, -0.25) is 0 Å². The maximum Gasteiger partial charge on any atom is 0.335 e. The largest absolute Gasteiger partial charge is 0.478 e. The fourth-order valence-corrected chi connectivity index (χ4v) is 4.53. The van der Waals surface area contributed by atoms with Crippen molar-refractivity contribution < 1.29 is 14.6 Å². The Kier molecular flexibility index (Phi) is 4.52. The van der Waals surface area contributed by atoms with Gasteiger partial charge in [-0.2, -0.15) is 4.98 Å². The van der Waals surface area contributed by atoms with E-state index in [1.807, 2.05) is 13.0 Å². The summed E-state index contributed by atoms with van der Waals surface area (Å²) in [5, 5.41) is 9.47. The normalized spacial score (nSPS) is 14.8. The van der Waals surface area contributed by atoms with Crippen LogP contribution in [0, 0.1) is 6.92 Å². The summed E-state index contributed by atoms with van der Waals surface area (Å²) in [6, 6.07) is 6.94. The number of fused-ring (bicyclic) bond motifs is 1. The Morgan fingerprint density at radius 3 is 2.81 bits per heavy atom. The van der Waals surface area contributed by atoms with Crippen LogP contribution in [0.5, 0.6) is 0 Å². The van der Waals surface area contributed by atoms with E-state index in [2.05, 4.69) is 14.9 Å². The average molecular weight is 390 g/mol. The Balaban J connectivity index is 1.88. The van der Waals surface area contributed by atoms with Gasteiger partial charge in [-0.05, 0) is 41.8 Å². The molecule has 0 spiro atoms. The van der Waals surface area contributed by atoms with E-state index in [0.717, 1.165) is 45.1 Å². The third-order valence-corrected chi connectivity index (χ3v) is 5.90. The van der Waals surface area contributed by atoms with E-state index < -0.39 is 5.97 Å². The first-order valence-corrected chi connectivity index (χ1v) is 9.37. The van der Waals surface area contributed by atoms with E-state index >= 15 is 0 Å². The minimum Gasteiger partial charge on any atom is -0.478 e. The van der Waals surface area contributed by atoms with Gasteiger partial charge in [0.05, 0.1) is 29.0 Å². The molecule has 0 saturated carbocycles. The minimum absolute atomic E-state index is 0.214. The van der Waals surface area contributed by atoms with Crippen molar-refractivity contribution in [1.82, 2.24) is 9.97 Å². The van der Waals surface area contributed by atoms with Crippen molar-refractivity contribution in [3.8, 4) is 10.4 Å². The Labute approximate surface area is 159 Å². The van der Waals surface area contributed by atoms with Crippen LogP contribution in [-0.2, 0) is 4.74 Å². The highest BCUT2D eigenvalue weighted by Gasteiger charge is 2.22. The number of carboxylic acids is 1. The summed E-state index contributed by atoms with van der Waals surface area (Å²) in [6.07, 6.45) is 0. The van der Waals surface area contributed by atoms with Crippen molar-refractivity contribution in [1.29, 1.82) is 0 Å². The molecule has 1 fully saturated rings. The predicted octanol–water partition coefficient (Wildman–Crippen LogP) is 3.85. The van der Waals surface area contributed by atoms with Gasteiger partial charge in [0, 0.05) is 18.0 Å². The summed E-state index contributed by atoms with van der Waals surface area (Å²) in [6.45, 7) is 4.79. The lowest BCUT2D eigenvalue weighted by Gasteiger charge is -2.28. The van der Waals surface area contributed by atoms with Crippen LogP contribution in [0.1, 0.15) is 15.9 Å². The molecule has 0 amide bonds. The van der Waals surface area contributed by atoms with Crippen LogP contribution in [0.25, 0.3) is 20.7 Å². The minimum atomic E-state index is -0.942. The fourth-order valence-electron chi connectivity index (χ4n) is 3.10. The number of nitrogens with zero attached hydrogens (tertiary/aromatic N) is 3. The zero-order valence-corrected chi connectivity index (χ0v) is 15.6. The molecule has 6 nitrogen and oxygen atoms in total. The number of morpholine rings is 1. The van der Waals surface area contributed by atoms with E-state index in [9.17, 15) is 9.90 Å². The van der Waals surface area contributed by atoms with E-state index in [4.69, 9.17) is 16.3 Å². The fraction of sp³-hybridized carbons (Fsp3) is 0.278. The molecule has 26 heavy (non-hydrogen) atoms. The van der Waals surface area contributed by atoms with E-state index in [1.165, 1.54) is 0 Å². The maximum absolute atomic E-state index is 11.3. The first-order chi connectivity index (χ1) is 12.5. The molecule has 3 heterocycles. The zero-order chi connectivity index (χ0) is 18.3. The van der Waals surface area contributed by atoms with Crippen LogP contribution >= 0.6 is 22.9 Å². The topological polar surface area (TPSA) is 75.5 Å². The van der Waals surface area contributed by atoms with E-state index in [-0.39, 0.29) is 10.8 Å². The number of benzene rings is 1. The molecule has 1 saturated heterocycles. The van der Waals surface area contributed by atoms with Crippen molar-refractivity contribution in [3.05, 3.63) is 40.7 Å². The van der Waals surface area contributed by atoms with Gasteiger partial charge in [0.15, 0.2) is 5.82 Å². The molecule has 1 N–H and O–H groups in total. The number of thiophene rings is 1. The van der Waals surface area contributed by atoms with Gasteiger partial charge in [-0.1, -0.05) is 12.1 Å². The van der Waals surface area contributed by atoms with E-state index in [1.54, 1.807) is 29.5 Å². The number of rotatable bonds is 3. The quantitative estimate of drug-likeness (QED) is 0.685. The van der Waals surface area contributed by atoms with Gasteiger partial charge in [0.25, 0.3) is 0 Å². The molecule has 1 aromatic carbocycles. The first kappa shape index (κ1) is 17.2. The Morgan fingerprint density at radius 1 is 1.31 bits per heavy atom. The summed E-state index contributed by atoms with van der Waals surface area (Å²) in [5.74, 6) is -0.125. The monoisotopic (exact) mass is 389 g/mol. The van der Waals surface area contributed by atoms with Crippen molar-refractivity contribution in [2.75, 3.05) is 31.2 Å². The highest BCUT2D eigenvalue weighted by atomic mass is 35.5. The number of ether oxygens (including phenoxy) is 1. The lowest BCUT2D eigenvalue weighted by Crippen LogP contribution is -2.36. The standard InChI is InChI=1S/C18H16ClN3O3S/c1-10-13-15(16(21-18(19)20-13)22-5-7-25-8-6-22)26-14(10)11-3-2-4-12(9-11)17(23)24/h2-4,9H,5-8H2,1H3,(H,23,24). The molecule has 3 aromatic rings. The van der Waals surface area contributed by atoms with Crippen molar-refractivity contribution in [2.24, 2.45) is 0 Å². The second kappa shape index (κ2) is 6.83. The molecule has 8 heteroatoms. The number of anilines is 1.